The molecule has 0 aliphatic rings. The van der Waals surface area contributed by atoms with Gasteiger partial charge in [0.1, 0.15) is 0 Å². The second kappa shape index (κ2) is 17.5. The van der Waals surface area contributed by atoms with Crippen molar-refractivity contribution in [2.45, 2.75) is 97.3 Å². The molecule has 0 nitrogen and oxygen atoms in total. The lowest BCUT2D eigenvalue weighted by atomic mass is 10.1. The molecule has 0 bridgehead atoms. The van der Waals surface area contributed by atoms with Crippen LogP contribution in [0.3, 0.4) is 0 Å². The average Bonchev–Trinajstić information content (AvgIpc) is 2.43. The Morgan fingerprint density at radius 3 is 1.47 bits per heavy atom. The predicted octanol–water partition coefficient (Wildman–Crippen LogP) is 7.21. The minimum atomic E-state index is 1.13. The largest absolute Gasteiger partial charge is 0.0882 e. The van der Waals surface area contributed by atoms with Gasteiger partial charge in [0.05, 0.1) is 0 Å². The molecule has 0 saturated carbocycles. The molecular formula is C19H36. The van der Waals surface area contributed by atoms with E-state index in [0.29, 0.717) is 0 Å². The van der Waals surface area contributed by atoms with E-state index in [-0.39, 0.29) is 0 Å². The molecule has 19 heavy (non-hydrogen) atoms. The maximum atomic E-state index is 2.36. The molecule has 0 rings (SSSR count). The maximum absolute atomic E-state index is 2.36. The molecule has 0 heterocycles. The van der Waals surface area contributed by atoms with E-state index < -0.39 is 0 Å². The molecule has 0 radical (unpaired) electrons. The highest BCUT2D eigenvalue weighted by Crippen LogP contribution is 2.08. The third-order valence-corrected chi connectivity index (χ3v) is 3.55. The van der Waals surface area contributed by atoms with Gasteiger partial charge in [-0.3, -0.25) is 0 Å². The van der Waals surface area contributed by atoms with E-state index in [1.807, 2.05) is 0 Å². The van der Waals surface area contributed by atoms with Crippen LogP contribution >= 0.6 is 0 Å². The highest BCUT2D eigenvalue weighted by molar-refractivity contribution is 4.92. The van der Waals surface area contributed by atoms with Crippen molar-refractivity contribution in [1.29, 1.82) is 0 Å². The first-order valence-corrected chi connectivity index (χ1v) is 8.71. The highest BCUT2D eigenvalue weighted by atomic mass is 14.0. The van der Waals surface area contributed by atoms with Crippen molar-refractivity contribution in [3.63, 3.8) is 0 Å². The summed E-state index contributed by atoms with van der Waals surface area (Å²) in [5, 5.41) is 0. The molecule has 0 heteroatoms. The molecule has 0 atom stereocenters. The van der Waals surface area contributed by atoms with E-state index in [0.717, 1.165) is 6.42 Å². The van der Waals surface area contributed by atoms with Gasteiger partial charge in [-0.2, -0.15) is 0 Å². The van der Waals surface area contributed by atoms with Crippen LogP contribution in [0, 0.1) is 0 Å². The zero-order valence-electron chi connectivity index (χ0n) is 13.5. The summed E-state index contributed by atoms with van der Waals surface area (Å²) in [7, 11) is 0. The molecule has 0 unspecified atom stereocenters. The smallest absolute Gasteiger partial charge is 0.0169 e. The average molecular weight is 264 g/mol. The molecule has 0 aromatic heterocycles. The number of rotatable bonds is 14. The molecule has 0 aliphatic heterocycles. The van der Waals surface area contributed by atoms with Crippen LogP contribution in [0.15, 0.2) is 24.3 Å². The fourth-order valence-electron chi connectivity index (χ4n) is 2.24. The summed E-state index contributed by atoms with van der Waals surface area (Å²) < 4.78 is 0. The monoisotopic (exact) mass is 264 g/mol. The van der Waals surface area contributed by atoms with Gasteiger partial charge in [0, 0.05) is 0 Å². The van der Waals surface area contributed by atoms with Gasteiger partial charge in [0.2, 0.25) is 0 Å². The first kappa shape index (κ1) is 18.5. The maximum Gasteiger partial charge on any atom is -0.0169 e. The molecule has 0 N–H and O–H groups in total. The van der Waals surface area contributed by atoms with E-state index in [9.17, 15) is 0 Å². The minimum absolute atomic E-state index is 1.13. The van der Waals surface area contributed by atoms with Gasteiger partial charge in [0.15, 0.2) is 0 Å². The van der Waals surface area contributed by atoms with Crippen LogP contribution in [-0.2, 0) is 0 Å². The molecule has 0 aromatic carbocycles. The summed E-state index contributed by atoms with van der Waals surface area (Å²) in [6.45, 7) is 4.54. The molecule has 0 amide bonds. The van der Waals surface area contributed by atoms with E-state index in [1.165, 1.54) is 77.0 Å². The molecule has 0 spiro atoms. The van der Waals surface area contributed by atoms with Crippen LogP contribution in [0.1, 0.15) is 97.3 Å². The van der Waals surface area contributed by atoms with Crippen molar-refractivity contribution >= 4 is 0 Å². The first-order chi connectivity index (χ1) is 9.41. The lowest BCUT2D eigenvalue weighted by Gasteiger charge is -1.98. The van der Waals surface area contributed by atoms with Crippen molar-refractivity contribution in [1.82, 2.24) is 0 Å². The lowest BCUT2D eigenvalue weighted by Crippen LogP contribution is -1.78. The Morgan fingerprint density at radius 2 is 0.895 bits per heavy atom. The van der Waals surface area contributed by atoms with Crippen LogP contribution < -0.4 is 0 Å². The predicted molar refractivity (Wildman–Crippen MR) is 89.6 cm³/mol. The van der Waals surface area contributed by atoms with Gasteiger partial charge < -0.3 is 0 Å². The van der Waals surface area contributed by atoms with Crippen molar-refractivity contribution in [3.05, 3.63) is 24.3 Å². The van der Waals surface area contributed by atoms with Crippen LogP contribution in [0.2, 0.25) is 0 Å². The number of hydrogen-bond acceptors (Lipinski definition) is 0. The Morgan fingerprint density at radius 1 is 0.474 bits per heavy atom. The van der Waals surface area contributed by atoms with E-state index in [1.54, 1.807) is 0 Å². The summed E-state index contributed by atoms with van der Waals surface area (Å²) in [6.07, 6.45) is 27.0. The van der Waals surface area contributed by atoms with E-state index >= 15 is 0 Å². The summed E-state index contributed by atoms with van der Waals surface area (Å²) in [5.41, 5.74) is 0. The summed E-state index contributed by atoms with van der Waals surface area (Å²) in [6, 6.07) is 0. The second-order valence-corrected chi connectivity index (χ2v) is 5.58. The second-order valence-electron chi connectivity index (χ2n) is 5.58. The topological polar surface area (TPSA) is 0 Å². The third kappa shape index (κ3) is 17.5. The third-order valence-electron chi connectivity index (χ3n) is 3.55. The van der Waals surface area contributed by atoms with Gasteiger partial charge in [0.25, 0.3) is 0 Å². The summed E-state index contributed by atoms with van der Waals surface area (Å²) in [4.78, 5) is 0. The fourth-order valence-corrected chi connectivity index (χ4v) is 2.24. The Bertz CT molecular complexity index is 200. The standard InChI is InChI=1S/C19H36/c1-3-5-7-9-11-13-15-17-19-18-16-14-12-10-8-6-4-2/h11,13,17,19H,3-10,12,14-16,18H2,1-2H3/b13-11-,19-17+. The lowest BCUT2D eigenvalue weighted by molar-refractivity contribution is 0.592. The molecule has 0 aromatic rings. The zero-order chi connectivity index (χ0) is 14.0. The molecule has 0 saturated heterocycles. The Balaban J connectivity index is 3.12. The SMILES string of the molecule is CCCCC/C=C\C/C=C/CCCCCCCCC. The van der Waals surface area contributed by atoms with Gasteiger partial charge in [-0.1, -0.05) is 89.5 Å². The number of hydrogen-bond donors (Lipinski definition) is 0. The summed E-state index contributed by atoms with van der Waals surface area (Å²) >= 11 is 0. The van der Waals surface area contributed by atoms with Gasteiger partial charge >= 0.3 is 0 Å². The fraction of sp³-hybridized carbons (Fsp3) is 0.789. The minimum Gasteiger partial charge on any atom is -0.0882 e. The van der Waals surface area contributed by atoms with Crippen LogP contribution in [-0.4, -0.2) is 0 Å². The highest BCUT2D eigenvalue weighted by Gasteiger charge is 1.89. The Kier molecular flexibility index (Phi) is 17.0. The van der Waals surface area contributed by atoms with Crippen molar-refractivity contribution in [2.75, 3.05) is 0 Å². The van der Waals surface area contributed by atoms with Crippen molar-refractivity contribution < 1.29 is 0 Å². The Labute approximate surface area is 122 Å². The normalized spacial score (nSPS) is 11.9. The van der Waals surface area contributed by atoms with E-state index in [2.05, 4.69) is 38.2 Å². The molecule has 112 valence electrons. The van der Waals surface area contributed by atoms with Crippen LogP contribution in [0.4, 0.5) is 0 Å². The number of unbranched alkanes of at least 4 members (excludes halogenated alkanes) is 10. The molecule has 0 aliphatic carbocycles. The summed E-state index contributed by atoms with van der Waals surface area (Å²) in [5.74, 6) is 0. The zero-order valence-corrected chi connectivity index (χ0v) is 13.5. The van der Waals surface area contributed by atoms with Crippen LogP contribution in [0.25, 0.3) is 0 Å². The molecule has 0 fully saturated rings. The van der Waals surface area contributed by atoms with Crippen LogP contribution in [0.5, 0.6) is 0 Å². The van der Waals surface area contributed by atoms with E-state index in [4.69, 9.17) is 0 Å². The Hall–Kier alpha value is -0.520. The first-order valence-electron chi connectivity index (χ1n) is 8.71. The van der Waals surface area contributed by atoms with Crippen molar-refractivity contribution in [3.8, 4) is 0 Å². The van der Waals surface area contributed by atoms with Gasteiger partial charge in [-0.05, 0) is 32.1 Å². The van der Waals surface area contributed by atoms with Gasteiger partial charge in [-0.25, -0.2) is 0 Å². The molecular weight excluding hydrogens is 228 g/mol. The number of allylic oxidation sites excluding steroid dienone is 4. The van der Waals surface area contributed by atoms with Gasteiger partial charge in [-0.15, -0.1) is 0 Å². The van der Waals surface area contributed by atoms with Crippen molar-refractivity contribution in [2.24, 2.45) is 0 Å². The quantitative estimate of drug-likeness (QED) is 0.230.